The highest BCUT2D eigenvalue weighted by Crippen LogP contribution is 2.16. The summed E-state index contributed by atoms with van der Waals surface area (Å²) in [4.78, 5) is 16.2. The van der Waals surface area contributed by atoms with Gasteiger partial charge in [-0.1, -0.05) is 0 Å². The minimum atomic E-state index is -0.222. The highest BCUT2D eigenvalue weighted by molar-refractivity contribution is 7.09. The zero-order chi connectivity index (χ0) is 13.3. The number of rotatable bonds is 3. The molecular formula is C12H16N4OS. The number of nitrogens with two attached hydrogens (primary N) is 1. The van der Waals surface area contributed by atoms with Crippen molar-refractivity contribution in [1.29, 1.82) is 0 Å². The molecular weight excluding hydrogens is 248 g/mol. The van der Waals surface area contributed by atoms with Gasteiger partial charge in [0.05, 0.1) is 6.04 Å². The molecule has 0 aliphatic heterocycles. The van der Waals surface area contributed by atoms with Gasteiger partial charge in [-0.05, 0) is 32.9 Å². The molecule has 6 heteroatoms. The van der Waals surface area contributed by atoms with Crippen LogP contribution < -0.4 is 11.2 Å². The number of carbonyl (C=O) groups is 1. The number of aromatic nitrogens is 2. The van der Waals surface area contributed by atoms with Crippen LogP contribution in [0.25, 0.3) is 0 Å². The first kappa shape index (κ1) is 12.8. The maximum atomic E-state index is 12.0. The van der Waals surface area contributed by atoms with Gasteiger partial charge in [-0.15, -0.1) is 11.3 Å². The third-order valence-electron chi connectivity index (χ3n) is 2.63. The molecule has 18 heavy (non-hydrogen) atoms. The SMILES string of the molecule is Cc1ccc(C)n1NC(=O)c1csc(C(C)N)n1. The van der Waals surface area contributed by atoms with Crippen LogP contribution in [0.2, 0.25) is 0 Å². The molecule has 5 nitrogen and oxygen atoms in total. The molecule has 1 amide bonds. The average molecular weight is 264 g/mol. The summed E-state index contributed by atoms with van der Waals surface area (Å²) < 4.78 is 1.74. The molecule has 0 fully saturated rings. The monoisotopic (exact) mass is 264 g/mol. The van der Waals surface area contributed by atoms with Crippen molar-refractivity contribution in [2.24, 2.45) is 5.73 Å². The topological polar surface area (TPSA) is 72.9 Å². The van der Waals surface area contributed by atoms with Gasteiger partial charge < -0.3 is 5.73 Å². The van der Waals surface area contributed by atoms with E-state index in [2.05, 4.69) is 10.4 Å². The highest BCUT2D eigenvalue weighted by atomic mass is 32.1. The van der Waals surface area contributed by atoms with Crippen LogP contribution in [-0.2, 0) is 0 Å². The molecule has 0 saturated heterocycles. The predicted molar refractivity (Wildman–Crippen MR) is 72.3 cm³/mol. The molecule has 0 spiro atoms. The molecule has 1 unspecified atom stereocenters. The molecule has 96 valence electrons. The number of hydrogen-bond acceptors (Lipinski definition) is 4. The van der Waals surface area contributed by atoms with E-state index < -0.39 is 0 Å². The maximum absolute atomic E-state index is 12.0. The van der Waals surface area contributed by atoms with E-state index in [0.717, 1.165) is 16.4 Å². The third kappa shape index (κ3) is 2.44. The Morgan fingerprint density at radius 2 is 2.06 bits per heavy atom. The van der Waals surface area contributed by atoms with Crippen molar-refractivity contribution in [2.45, 2.75) is 26.8 Å². The van der Waals surface area contributed by atoms with Gasteiger partial charge in [0.1, 0.15) is 10.7 Å². The number of aryl methyl sites for hydroxylation is 2. The van der Waals surface area contributed by atoms with Gasteiger partial charge in [0.15, 0.2) is 0 Å². The fourth-order valence-corrected chi connectivity index (χ4v) is 2.36. The Morgan fingerprint density at radius 1 is 1.44 bits per heavy atom. The van der Waals surface area contributed by atoms with Crippen LogP contribution in [0.5, 0.6) is 0 Å². The van der Waals surface area contributed by atoms with Gasteiger partial charge in [-0.25, -0.2) is 4.98 Å². The lowest BCUT2D eigenvalue weighted by atomic mass is 10.4. The molecule has 2 heterocycles. The fraction of sp³-hybridized carbons (Fsp3) is 0.333. The summed E-state index contributed by atoms with van der Waals surface area (Å²) in [7, 11) is 0. The van der Waals surface area contributed by atoms with Gasteiger partial charge in [0.25, 0.3) is 5.91 Å². The van der Waals surface area contributed by atoms with E-state index in [1.165, 1.54) is 11.3 Å². The largest absolute Gasteiger partial charge is 0.322 e. The molecule has 0 saturated carbocycles. The van der Waals surface area contributed by atoms with Crippen LogP contribution >= 0.6 is 11.3 Å². The van der Waals surface area contributed by atoms with Gasteiger partial charge in [0.2, 0.25) is 0 Å². The van der Waals surface area contributed by atoms with Crippen LogP contribution in [0.1, 0.15) is 39.8 Å². The molecule has 3 N–H and O–H groups in total. The lowest BCUT2D eigenvalue weighted by Crippen LogP contribution is -2.25. The van der Waals surface area contributed by atoms with E-state index in [-0.39, 0.29) is 11.9 Å². The Hall–Kier alpha value is -1.66. The first-order valence-electron chi connectivity index (χ1n) is 5.66. The molecule has 2 aromatic heterocycles. The Balaban J connectivity index is 2.17. The predicted octanol–water partition coefficient (Wildman–Crippen LogP) is 1.97. The fourth-order valence-electron chi connectivity index (χ4n) is 1.60. The molecule has 2 rings (SSSR count). The van der Waals surface area contributed by atoms with Crippen LogP contribution in [0, 0.1) is 13.8 Å². The summed E-state index contributed by atoms with van der Waals surface area (Å²) in [5.41, 5.74) is 10.9. The van der Waals surface area contributed by atoms with Gasteiger partial charge >= 0.3 is 0 Å². The minimum absolute atomic E-state index is 0.147. The maximum Gasteiger partial charge on any atom is 0.289 e. The zero-order valence-electron chi connectivity index (χ0n) is 10.6. The van der Waals surface area contributed by atoms with E-state index >= 15 is 0 Å². The Bertz CT molecular complexity index is 551. The smallest absolute Gasteiger partial charge is 0.289 e. The molecule has 0 radical (unpaired) electrons. The number of nitrogens with one attached hydrogen (secondary N) is 1. The van der Waals surface area contributed by atoms with Gasteiger partial charge in [-0.2, -0.15) is 0 Å². The lowest BCUT2D eigenvalue weighted by Gasteiger charge is -2.09. The lowest BCUT2D eigenvalue weighted by molar-refractivity contribution is 0.100. The Labute approximate surface area is 110 Å². The van der Waals surface area contributed by atoms with Crippen LogP contribution in [0.3, 0.4) is 0 Å². The van der Waals surface area contributed by atoms with Crippen LogP contribution in [-0.4, -0.2) is 15.6 Å². The third-order valence-corrected chi connectivity index (χ3v) is 3.67. The molecule has 1 atom stereocenters. The quantitative estimate of drug-likeness (QED) is 0.890. The summed E-state index contributed by atoms with van der Waals surface area (Å²) in [6.45, 7) is 5.71. The number of hydrogen-bond donors (Lipinski definition) is 2. The first-order valence-corrected chi connectivity index (χ1v) is 6.54. The zero-order valence-corrected chi connectivity index (χ0v) is 11.4. The first-order chi connectivity index (χ1) is 8.49. The van der Waals surface area contributed by atoms with E-state index in [1.807, 2.05) is 32.9 Å². The van der Waals surface area contributed by atoms with Crippen LogP contribution in [0.4, 0.5) is 0 Å². The molecule has 0 bridgehead atoms. The van der Waals surface area contributed by atoms with Crippen molar-refractivity contribution in [3.63, 3.8) is 0 Å². The number of amides is 1. The summed E-state index contributed by atoms with van der Waals surface area (Å²) in [6, 6.07) is 3.75. The molecule has 2 aromatic rings. The van der Waals surface area contributed by atoms with Crippen LogP contribution in [0.15, 0.2) is 17.5 Å². The van der Waals surface area contributed by atoms with Crippen molar-refractivity contribution in [1.82, 2.24) is 9.66 Å². The summed E-state index contributed by atoms with van der Waals surface area (Å²) >= 11 is 1.40. The average Bonchev–Trinajstić information content (AvgIpc) is 2.91. The van der Waals surface area contributed by atoms with Gasteiger partial charge in [-0.3, -0.25) is 14.9 Å². The van der Waals surface area contributed by atoms with E-state index in [0.29, 0.717) is 5.69 Å². The second-order valence-electron chi connectivity index (χ2n) is 4.25. The Kier molecular flexibility index (Phi) is 3.49. The molecule has 0 aliphatic rings. The number of nitrogens with zero attached hydrogens (tertiary/aromatic N) is 2. The second-order valence-corrected chi connectivity index (χ2v) is 5.14. The van der Waals surface area contributed by atoms with E-state index in [9.17, 15) is 4.79 Å². The Morgan fingerprint density at radius 3 is 2.56 bits per heavy atom. The minimum Gasteiger partial charge on any atom is -0.322 e. The summed E-state index contributed by atoms with van der Waals surface area (Å²) in [5.74, 6) is -0.222. The van der Waals surface area contributed by atoms with Crippen molar-refractivity contribution in [3.05, 3.63) is 39.6 Å². The number of carbonyl (C=O) groups excluding carboxylic acids is 1. The standard InChI is InChI=1S/C12H16N4OS/c1-7-4-5-8(2)16(7)15-11(17)10-6-18-12(14-10)9(3)13/h4-6,9H,13H2,1-3H3,(H,15,17). The van der Waals surface area contributed by atoms with Gasteiger partial charge in [0, 0.05) is 16.8 Å². The van der Waals surface area contributed by atoms with E-state index in [1.54, 1.807) is 10.1 Å². The van der Waals surface area contributed by atoms with Crippen molar-refractivity contribution >= 4 is 17.2 Å². The highest BCUT2D eigenvalue weighted by Gasteiger charge is 2.14. The number of thiazole rings is 1. The van der Waals surface area contributed by atoms with E-state index in [4.69, 9.17) is 5.73 Å². The molecule has 0 aromatic carbocycles. The van der Waals surface area contributed by atoms with Crippen molar-refractivity contribution in [3.8, 4) is 0 Å². The summed E-state index contributed by atoms with van der Waals surface area (Å²) in [6.07, 6.45) is 0. The second kappa shape index (κ2) is 4.91. The normalized spacial score (nSPS) is 12.4. The molecule has 0 aliphatic carbocycles. The summed E-state index contributed by atoms with van der Waals surface area (Å²) in [5, 5.41) is 2.49. The van der Waals surface area contributed by atoms with Crippen molar-refractivity contribution in [2.75, 3.05) is 5.43 Å². The van der Waals surface area contributed by atoms with Crippen molar-refractivity contribution < 1.29 is 4.79 Å².